The van der Waals surface area contributed by atoms with Crippen molar-refractivity contribution in [2.45, 2.75) is 44.4 Å². The number of cyclic esters (lactones) is 1. The number of thioether (sulfide) groups is 1. The first kappa shape index (κ1) is 18.6. The first-order valence-electron chi connectivity index (χ1n) is 8.74. The topological polar surface area (TPSA) is 84.9 Å². The molecule has 0 saturated carbocycles. The molecule has 1 saturated heterocycles. The van der Waals surface area contributed by atoms with Crippen LogP contribution in [0.5, 0.6) is 0 Å². The standard InChI is InChI=1S/C19H23N3O3S/c1-12(2)9-14-10-19(3,25-17(14)24)15(23)11-26-18-20-16(21-22-18)13-7-5-4-6-8-13/h4-8,12,14H,9-11H2,1-3H3,(H,20,21,22)/t14-,19+/m0/s1. The fourth-order valence-electron chi connectivity index (χ4n) is 3.14. The molecule has 2 atom stereocenters. The summed E-state index contributed by atoms with van der Waals surface area (Å²) in [6, 6.07) is 9.67. The van der Waals surface area contributed by atoms with E-state index in [1.54, 1.807) is 6.92 Å². The predicted octanol–water partition coefficient (Wildman–Crippen LogP) is 3.50. The van der Waals surface area contributed by atoms with Gasteiger partial charge in [-0.3, -0.25) is 14.7 Å². The number of nitrogens with zero attached hydrogens (tertiary/aromatic N) is 2. The number of hydrogen-bond donors (Lipinski definition) is 1. The summed E-state index contributed by atoms with van der Waals surface area (Å²) in [6.07, 6.45) is 1.20. The van der Waals surface area contributed by atoms with Gasteiger partial charge in [0.05, 0.1) is 11.7 Å². The van der Waals surface area contributed by atoms with Gasteiger partial charge in [-0.1, -0.05) is 55.9 Å². The SMILES string of the molecule is CC(C)C[C@H]1C[C@](C)(C(=O)CSc2n[nH]c(-c3ccccc3)n2)OC1=O. The molecule has 0 radical (unpaired) electrons. The van der Waals surface area contributed by atoms with Gasteiger partial charge in [0.2, 0.25) is 5.16 Å². The number of nitrogens with one attached hydrogen (secondary N) is 1. The van der Waals surface area contributed by atoms with Gasteiger partial charge in [0.25, 0.3) is 0 Å². The number of aromatic nitrogens is 3. The van der Waals surface area contributed by atoms with Gasteiger partial charge in [-0.25, -0.2) is 4.98 Å². The number of aromatic amines is 1. The molecule has 1 fully saturated rings. The number of hydrogen-bond acceptors (Lipinski definition) is 6. The Morgan fingerprint density at radius 3 is 2.81 bits per heavy atom. The highest BCUT2D eigenvalue weighted by Gasteiger charge is 2.48. The third-order valence-electron chi connectivity index (χ3n) is 4.49. The minimum Gasteiger partial charge on any atom is -0.451 e. The molecule has 0 aliphatic carbocycles. The van der Waals surface area contributed by atoms with Crippen LogP contribution in [-0.4, -0.2) is 38.3 Å². The second kappa shape index (κ2) is 7.61. The molecule has 0 unspecified atom stereocenters. The lowest BCUT2D eigenvalue weighted by molar-refractivity contribution is -0.156. The number of benzene rings is 1. The van der Waals surface area contributed by atoms with Crippen molar-refractivity contribution in [3.63, 3.8) is 0 Å². The van der Waals surface area contributed by atoms with E-state index in [2.05, 4.69) is 29.0 Å². The minimum absolute atomic E-state index is 0.104. The van der Waals surface area contributed by atoms with E-state index in [0.29, 0.717) is 23.3 Å². The van der Waals surface area contributed by atoms with Gasteiger partial charge < -0.3 is 4.74 Å². The monoisotopic (exact) mass is 373 g/mol. The smallest absolute Gasteiger partial charge is 0.310 e. The Labute approximate surface area is 157 Å². The maximum Gasteiger partial charge on any atom is 0.310 e. The summed E-state index contributed by atoms with van der Waals surface area (Å²) >= 11 is 1.25. The lowest BCUT2D eigenvalue weighted by atomic mass is 9.88. The van der Waals surface area contributed by atoms with E-state index in [1.807, 2.05) is 30.3 Å². The summed E-state index contributed by atoms with van der Waals surface area (Å²) < 4.78 is 5.44. The van der Waals surface area contributed by atoms with E-state index in [0.717, 1.165) is 12.0 Å². The average molecular weight is 373 g/mol. The maximum atomic E-state index is 12.6. The summed E-state index contributed by atoms with van der Waals surface area (Å²) in [5, 5.41) is 7.54. The van der Waals surface area contributed by atoms with Crippen LogP contribution in [0.2, 0.25) is 0 Å². The molecular formula is C19H23N3O3S. The Kier molecular flexibility index (Phi) is 5.46. The third-order valence-corrected chi connectivity index (χ3v) is 5.33. The molecule has 26 heavy (non-hydrogen) atoms. The van der Waals surface area contributed by atoms with E-state index < -0.39 is 5.60 Å². The van der Waals surface area contributed by atoms with Crippen molar-refractivity contribution in [1.82, 2.24) is 15.2 Å². The predicted molar refractivity (Wildman–Crippen MR) is 99.6 cm³/mol. The third kappa shape index (κ3) is 4.15. The Balaban J connectivity index is 1.59. The van der Waals surface area contributed by atoms with Crippen LogP contribution in [0.3, 0.4) is 0 Å². The van der Waals surface area contributed by atoms with Gasteiger partial charge in [-0.05, 0) is 19.3 Å². The molecule has 7 heteroatoms. The van der Waals surface area contributed by atoms with Crippen molar-refractivity contribution < 1.29 is 14.3 Å². The fraction of sp³-hybridized carbons (Fsp3) is 0.474. The number of esters is 1. The van der Waals surface area contributed by atoms with Crippen LogP contribution in [0.15, 0.2) is 35.5 Å². The zero-order chi connectivity index (χ0) is 18.7. The summed E-state index contributed by atoms with van der Waals surface area (Å²) in [7, 11) is 0. The van der Waals surface area contributed by atoms with Crippen molar-refractivity contribution in [1.29, 1.82) is 0 Å². The minimum atomic E-state index is -1.04. The van der Waals surface area contributed by atoms with Crippen molar-refractivity contribution in [3.8, 4) is 11.4 Å². The molecular weight excluding hydrogens is 350 g/mol. The van der Waals surface area contributed by atoms with Crippen LogP contribution < -0.4 is 0 Å². The highest BCUT2D eigenvalue weighted by atomic mass is 32.2. The molecule has 1 N–H and O–H groups in total. The van der Waals surface area contributed by atoms with E-state index in [1.165, 1.54) is 11.8 Å². The molecule has 2 aromatic rings. The summed E-state index contributed by atoms with van der Waals surface area (Å²) in [5.74, 6) is 0.670. The van der Waals surface area contributed by atoms with Crippen LogP contribution in [0.1, 0.15) is 33.6 Å². The van der Waals surface area contributed by atoms with Gasteiger partial charge in [0.1, 0.15) is 0 Å². The molecule has 3 rings (SSSR count). The van der Waals surface area contributed by atoms with Gasteiger partial charge in [0, 0.05) is 12.0 Å². The van der Waals surface area contributed by atoms with Gasteiger partial charge >= 0.3 is 5.97 Å². The second-order valence-electron chi connectivity index (χ2n) is 7.23. The van der Waals surface area contributed by atoms with Crippen molar-refractivity contribution in [2.24, 2.45) is 11.8 Å². The van der Waals surface area contributed by atoms with E-state index in [4.69, 9.17) is 4.74 Å². The largest absolute Gasteiger partial charge is 0.451 e. The second-order valence-corrected chi connectivity index (χ2v) is 8.17. The van der Waals surface area contributed by atoms with E-state index in [9.17, 15) is 9.59 Å². The van der Waals surface area contributed by atoms with Crippen LogP contribution >= 0.6 is 11.8 Å². The van der Waals surface area contributed by atoms with Crippen molar-refractivity contribution in [3.05, 3.63) is 30.3 Å². The van der Waals surface area contributed by atoms with Crippen LogP contribution in [0.4, 0.5) is 0 Å². The summed E-state index contributed by atoms with van der Waals surface area (Å²) in [4.78, 5) is 29.1. The average Bonchev–Trinajstić information content (AvgIpc) is 3.18. The highest BCUT2D eigenvalue weighted by Crippen LogP contribution is 2.36. The highest BCUT2D eigenvalue weighted by molar-refractivity contribution is 7.99. The first-order chi connectivity index (χ1) is 12.4. The molecule has 1 aromatic heterocycles. The first-order valence-corrected chi connectivity index (χ1v) is 9.73. The van der Waals surface area contributed by atoms with Crippen molar-refractivity contribution in [2.75, 3.05) is 5.75 Å². The lowest BCUT2D eigenvalue weighted by Gasteiger charge is -2.20. The van der Waals surface area contributed by atoms with Crippen LogP contribution in [0, 0.1) is 11.8 Å². The number of H-pyrrole nitrogens is 1. The Hall–Kier alpha value is -2.15. The summed E-state index contributed by atoms with van der Waals surface area (Å²) in [6.45, 7) is 5.84. The quantitative estimate of drug-likeness (QED) is 0.591. The number of carbonyl (C=O) groups excluding carboxylic acids is 2. The summed E-state index contributed by atoms with van der Waals surface area (Å²) in [5.41, 5.74) is -0.103. The molecule has 138 valence electrons. The van der Waals surface area contributed by atoms with Crippen LogP contribution in [0.25, 0.3) is 11.4 Å². The Morgan fingerprint density at radius 1 is 1.38 bits per heavy atom. The van der Waals surface area contributed by atoms with Crippen LogP contribution in [-0.2, 0) is 14.3 Å². The zero-order valence-electron chi connectivity index (χ0n) is 15.2. The Morgan fingerprint density at radius 2 is 2.12 bits per heavy atom. The molecule has 0 spiro atoms. The lowest BCUT2D eigenvalue weighted by Crippen LogP contribution is -2.36. The Bertz CT molecular complexity index is 790. The maximum absolute atomic E-state index is 12.6. The molecule has 0 bridgehead atoms. The molecule has 6 nitrogen and oxygen atoms in total. The number of carbonyl (C=O) groups is 2. The fourth-order valence-corrected chi connectivity index (χ4v) is 3.97. The van der Waals surface area contributed by atoms with Gasteiger partial charge in [-0.2, -0.15) is 0 Å². The molecule has 1 aliphatic heterocycles. The van der Waals surface area contributed by atoms with E-state index >= 15 is 0 Å². The van der Waals surface area contributed by atoms with Gasteiger partial charge in [-0.15, -0.1) is 5.10 Å². The zero-order valence-corrected chi connectivity index (χ0v) is 16.0. The van der Waals surface area contributed by atoms with Gasteiger partial charge in [0.15, 0.2) is 17.2 Å². The number of Topliss-reactive ketones (excluding diaryl/α,β-unsaturated/α-hetero) is 1. The molecule has 0 amide bonds. The normalized spacial score (nSPS) is 22.6. The molecule has 2 heterocycles. The molecule has 1 aromatic carbocycles. The van der Waals surface area contributed by atoms with Crippen molar-refractivity contribution >= 4 is 23.5 Å². The number of ether oxygens (including phenoxy) is 1. The number of ketones is 1. The van der Waals surface area contributed by atoms with E-state index in [-0.39, 0.29) is 23.4 Å². The molecule has 1 aliphatic rings. The number of rotatable bonds is 7.